The lowest BCUT2D eigenvalue weighted by atomic mass is 10.2. The summed E-state index contributed by atoms with van der Waals surface area (Å²) in [5, 5.41) is 42.6. The van der Waals surface area contributed by atoms with E-state index in [1.165, 1.54) is 0 Å². The topological polar surface area (TPSA) is 122 Å². The quantitative estimate of drug-likeness (QED) is 0.202. The molecule has 1 fully saturated rings. The SMILES string of the molecule is Cc1ccc(O)c(P2CN(c3ccc(C(=O)O)cc3)CP(c3cc(C)ccc3O)CN(c3ccc(C(=O)O)cc3)C2)c1. The number of hydrogen-bond donors (Lipinski definition) is 4. The molecule has 0 aromatic heterocycles. The smallest absolute Gasteiger partial charge is 0.335 e. The van der Waals surface area contributed by atoms with Crippen LogP contribution in [-0.4, -0.2) is 57.5 Å². The number of rotatable bonds is 6. The van der Waals surface area contributed by atoms with Gasteiger partial charge in [0.1, 0.15) is 11.5 Å². The number of aromatic hydroxyl groups is 2. The number of anilines is 2. The van der Waals surface area contributed by atoms with Crippen LogP contribution in [0.4, 0.5) is 11.4 Å². The van der Waals surface area contributed by atoms with Crippen LogP contribution in [0.5, 0.6) is 11.5 Å². The summed E-state index contributed by atoms with van der Waals surface area (Å²) >= 11 is 0. The van der Waals surface area contributed by atoms with Crippen molar-refractivity contribution in [2.24, 2.45) is 0 Å². The summed E-state index contributed by atoms with van der Waals surface area (Å²) in [4.78, 5) is 27.6. The molecule has 0 spiro atoms. The van der Waals surface area contributed by atoms with Crippen LogP contribution in [0.2, 0.25) is 0 Å². The average molecular weight is 603 g/mol. The zero-order valence-electron chi connectivity index (χ0n) is 23.3. The van der Waals surface area contributed by atoms with Gasteiger partial charge < -0.3 is 30.2 Å². The third-order valence-electron chi connectivity index (χ3n) is 7.27. The van der Waals surface area contributed by atoms with E-state index in [1.807, 2.05) is 62.4 Å². The summed E-state index contributed by atoms with van der Waals surface area (Å²) in [6, 6.07) is 24.9. The first kappa shape index (κ1) is 29.4. The third-order valence-corrected chi connectivity index (χ3v) is 12.1. The zero-order chi connectivity index (χ0) is 30.0. The van der Waals surface area contributed by atoms with Crippen LogP contribution in [0.3, 0.4) is 0 Å². The van der Waals surface area contributed by atoms with Gasteiger partial charge in [0, 0.05) is 47.1 Å². The number of phenols is 2. The molecule has 0 saturated carbocycles. The van der Waals surface area contributed by atoms with Gasteiger partial charge in [0.25, 0.3) is 0 Å². The van der Waals surface area contributed by atoms with Crippen molar-refractivity contribution in [2.75, 3.05) is 34.9 Å². The molecule has 1 saturated heterocycles. The minimum atomic E-state index is -0.998. The second kappa shape index (κ2) is 12.4. The molecule has 0 bridgehead atoms. The standard InChI is InChI=1S/C32H32N2O6P2/c1-21-3-13-27(35)29(15-21)41-17-33(25-9-5-23(6-10-25)31(37)38)19-42(30-16-22(2)4-14-28(30)36)20-34(18-41)26-11-7-24(8-12-26)32(39)40/h3-16,35-36H,17-20H2,1-2H3,(H,37,38)(H,39,40). The Hall–Kier alpha value is -4.12. The molecule has 0 amide bonds. The summed E-state index contributed by atoms with van der Waals surface area (Å²) in [6.45, 7) is 3.99. The molecule has 5 rings (SSSR count). The maximum atomic E-state index is 11.5. The van der Waals surface area contributed by atoms with Gasteiger partial charge in [0.15, 0.2) is 0 Å². The van der Waals surface area contributed by atoms with Crippen molar-refractivity contribution in [3.8, 4) is 11.5 Å². The van der Waals surface area contributed by atoms with E-state index in [1.54, 1.807) is 36.4 Å². The minimum Gasteiger partial charge on any atom is -0.507 e. The minimum absolute atomic E-state index is 0.207. The molecular formula is C32H32N2O6P2. The number of aryl methyl sites for hydroxylation is 2. The van der Waals surface area contributed by atoms with E-state index in [4.69, 9.17) is 0 Å². The molecule has 216 valence electrons. The third kappa shape index (κ3) is 6.51. The number of carboxylic acids is 2. The molecule has 0 unspecified atom stereocenters. The van der Waals surface area contributed by atoms with Gasteiger partial charge in [-0.05, 0) is 102 Å². The summed E-state index contributed by atoms with van der Waals surface area (Å²) in [7, 11) is -2.00. The van der Waals surface area contributed by atoms with Gasteiger partial charge in [0.05, 0.1) is 11.1 Å². The van der Waals surface area contributed by atoms with Crippen molar-refractivity contribution in [2.45, 2.75) is 13.8 Å². The monoisotopic (exact) mass is 602 g/mol. The van der Waals surface area contributed by atoms with Gasteiger partial charge in [-0.1, -0.05) is 23.3 Å². The Bertz CT molecular complexity index is 1480. The Labute approximate surface area is 247 Å². The Kier molecular flexibility index (Phi) is 8.67. The normalized spacial score (nSPS) is 17.4. The van der Waals surface area contributed by atoms with Crippen molar-refractivity contribution in [1.82, 2.24) is 0 Å². The molecule has 8 nitrogen and oxygen atoms in total. The summed E-state index contributed by atoms with van der Waals surface area (Å²) in [6.07, 6.45) is 2.36. The Morgan fingerprint density at radius 1 is 0.571 bits per heavy atom. The van der Waals surface area contributed by atoms with Crippen molar-refractivity contribution in [1.29, 1.82) is 0 Å². The van der Waals surface area contributed by atoms with Gasteiger partial charge >= 0.3 is 11.9 Å². The highest BCUT2D eigenvalue weighted by Crippen LogP contribution is 2.50. The van der Waals surface area contributed by atoms with E-state index >= 15 is 0 Å². The fraction of sp³-hybridized carbons (Fsp3) is 0.188. The van der Waals surface area contributed by atoms with Gasteiger partial charge in [0.2, 0.25) is 0 Å². The molecule has 0 aliphatic carbocycles. The molecule has 0 atom stereocenters. The molecule has 0 radical (unpaired) electrons. The van der Waals surface area contributed by atoms with E-state index in [0.717, 1.165) is 33.1 Å². The first-order valence-corrected chi connectivity index (χ1v) is 16.8. The highest BCUT2D eigenvalue weighted by Gasteiger charge is 2.31. The van der Waals surface area contributed by atoms with E-state index in [0.29, 0.717) is 25.1 Å². The van der Waals surface area contributed by atoms with E-state index in [-0.39, 0.29) is 22.6 Å². The maximum Gasteiger partial charge on any atom is 0.335 e. The predicted octanol–water partition coefficient (Wildman–Crippen LogP) is 5.88. The molecule has 42 heavy (non-hydrogen) atoms. The van der Waals surface area contributed by atoms with Crippen molar-refractivity contribution < 1.29 is 30.0 Å². The van der Waals surface area contributed by atoms with Gasteiger partial charge in [-0.15, -0.1) is 0 Å². The van der Waals surface area contributed by atoms with E-state index in [9.17, 15) is 30.0 Å². The van der Waals surface area contributed by atoms with Crippen molar-refractivity contribution in [3.63, 3.8) is 0 Å². The lowest BCUT2D eigenvalue weighted by Crippen LogP contribution is -2.38. The molecular weight excluding hydrogens is 570 g/mol. The number of carboxylic acid groups (broad SMARTS) is 2. The Balaban J connectivity index is 1.62. The summed E-state index contributed by atoms with van der Waals surface area (Å²) in [5.41, 5.74) is 4.23. The molecule has 4 N–H and O–H groups in total. The second-order valence-electron chi connectivity index (χ2n) is 10.4. The van der Waals surface area contributed by atoms with Gasteiger partial charge in [-0.2, -0.15) is 0 Å². The van der Waals surface area contributed by atoms with Crippen LogP contribution in [0.15, 0.2) is 84.9 Å². The van der Waals surface area contributed by atoms with Crippen LogP contribution >= 0.6 is 15.8 Å². The predicted molar refractivity (Wildman–Crippen MR) is 170 cm³/mol. The number of hydrogen-bond acceptors (Lipinski definition) is 6. The first-order valence-electron chi connectivity index (χ1n) is 13.3. The highest BCUT2D eigenvalue weighted by atomic mass is 31.1. The number of carbonyl (C=O) groups is 2. The molecule has 4 aromatic carbocycles. The molecule has 4 aromatic rings. The fourth-order valence-electron chi connectivity index (χ4n) is 5.04. The van der Waals surface area contributed by atoms with Crippen LogP contribution < -0.4 is 20.4 Å². The largest absolute Gasteiger partial charge is 0.507 e. The molecule has 1 aliphatic heterocycles. The lowest BCUT2D eigenvalue weighted by molar-refractivity contribution is 0.0686. The number of nitrogens with zero attached hydrogens (tertiary/aromatic N) is 2. The molecule has 1 heterocycles. The first-order chi connectivity index (χ1) is 20.1. The maximum absolute atomic E-state index is 11.5. The van der Waals surface area contributed by atoms with E-state index < -0.39 is 27.8 Å². The van der Waals surface area contributed by atoms with Gasteiger partial charge in [-0.25, -0.2) is 9.59 Å². The zero-order valence-corrected chi connectivity index (χ0v) is 25.1. The number of benzene rings is 4. The number of phenolic OH excluding ortho intramolecular Hbond substituents is 2. The van der Waals surface area contributed by atoms with Crippen LogP contribution in [0.1, 0.15) is 31.8 Å². The summed E-state index contributed by atoms with van der Waals surface area (Å²) < 4.78 is 0. The van der Waals surface area contributed by atoms with Crippen molar-refractivity contribution in [3.05, 3.63) is 107 Å². The molecule has 1 aliphatic rings. The molecule has 10 heteroatoms. The lowest BCUT2D eigenvalue weighted by Gasteiger charge is -2.41. The Morgan fingerprint density at radius 2 is 0.905 bits per heavy atom. The van der Waals surface area contributed by atoms with Gasteiger partial charge in [-0.3, -0.25) is 0 Å². The second-order valence-corrected chi connectivity index (χ2v) is 14.7. The fourth-order valence-corrected chi connectivity index (χ4v) is 10.4. The van der Waals surface area contributed by atoms with Crippen LogP contribution in [0.25, 0.3) is 0 Å². The van der Waals surface area contributed by atoms with Crippen molar-refractivity contribution >= 4 is 49.8 Å². The Morgan fingerprint density at radius 3 is 1.21 bits per heavy atom. The number of aromatic carboxylic acids is 2. The average Bonchev–Trinajstić information content (AvgIpc) is 2.96. The van der Waals surface area contributed by atoms with E-state index in [2.05, 4.69) is 9.80 Å². The van der Waals surface area contributed by atoms with Crippen LogP contribution in [-0.2, 0) is 0 Å². The highest BCUT2D eigenvalue weighted by molar-refractivity contribution is 7.68. The summed E-state index contributed by atoms with van der Waals surface area (Å²) in [5.74, 6) is -1.52. The van der Waals surface area contributed by atoms with Crippen LogP contribution in [0, 0.1) is 13.8 Å².